The smallest absolute Gasteiger partial charge is 0.349 e. The molecule has 3 aliphatic rings. The SMILES string of the molecule is CSN1NC(C)(C)NC(C)[C@@H]2COc3ccccc3-c3c(C4CCCCC4)c4ccc(cc4n3C2)N(C)C1=O. The summed E-state index contributed by atoms with van der Waals surface area (Å²) in [5.41, 5.74) is 8.94. The summed E-state index contributed by atoms with van der Waals surface area (Å²) in [6.45, 7) is 7.85. The largest absolute Gasteiger partial charge is 0.492 e. The molecule has 2 atom stereocenters. The first-order chi connectivity index (χ1) is 18.8. The number of amides is 2. The predicted octanol–water partition coefficient (Wildman–Crippen LogP) is 6.73. The third-order valence-electron chi connectivity index (χ3n) is 8.82. The van der Waals surface area contributed by atoms with Crippen LogP contribution in [0.1, 0.15) is 64.4 Å². The van der Waals surface area contributed by atoms with Gasteiger partial charge in [-0.05, 0) is 81.3 Å². The van der Waals surface area contributed by atoms with Crippen molar-refractivity contribution in [1.82, 2.24) is 19.7 Å². The maximum Gasteiger partial charge on any atom is 0.349 e. The Morgan fingerprint density at radius 1 is 1.08 bits per heavy atom. The fraction of sp³-hybridized carbons (Fsp3) is 0.516. The van der Waals surface area contributed by atoms with Gasteiger partial charge in [-0.3, -0.25) is 10.2 Å². The minimum absolute atomic E-state index is 0.107. The van der Waals surface area contributed by atoms with Crippen LogP contribution < -0.4 is 20.4 Å². The van der Waals surface area contributed by atoms with Gasteiger partial charge < -0.3 is 9.30 Å². The summed E-state index contributed by atoms with van der Waals surface area (Å²) in [5, 5.41) is 5.09. The van der Waals surface area contributed by atoms with E-state index in [1.807, 2.05) is 13.3 Å². The zero-order valence-electron chi connectivity index (χ0n) is 23.8. The Bertz CT molecular complexity index is 1380. The normalized spacial score (nSPS) is 24.0. The molecule has 2 aromatic carbocycles. The topological polar surface area (TPSA) is 61.8 Å². The van der Waals surface area contributed by atoms with Gasteiger partial charge in [0.1, 0.15) is 5.75 Å². The third kappa shape index (κ3) is 4.81. The first-order valence-electron chi connectivity index (χ1n) is 14.3. The van der Waals surface area contributed by atoms with Crippen molar-refractivity contribution in [3.05, 3.63) is 48.0 Å². The molecule has 3 aromatic rings. The molecule has 1 fully saturated rings. The number of rotatable bonds is 2. The summed E-state index contributed by atoms with van der Waals surface area (Å²) in [5.74, 6) is 1.70. The molecule has 7 nitrogen and oxygen atoms in total. The first kappa shape index (κ1) is 26.5. The second kappa shape index (κ2) is 10.4. The number of para-hydroxylation sites is 1. The lowest BCUT2D eigenvalue weighted by Gasteiger charge is -2.39. The highest BCUT2D eigenvalue weighted by molar-refractivity contribution is 7.96. The fourth-order valence-corrected chi connectivity index (χ4v) is 7.42. The number of hydrogen-bond acceptors (Lipinski definition) is 5. The number of nitrogens with one attached hydrogen (secondary N) is 2. The highest BCUT2D eigenvalue weighted by Crippen LogP contribution is 2.48. The average Bonchev–Trinajstić information content (AvgIpc) is 3.24. The van der Waals surface area contributed by atoms with Crippen LogP contribution >= 0.6 is 11.9 Å². The molecule has 4 bridgehead atoms. The number of ether oxygens (including phenoxy) is 1. The number of hydrazine groups is 1. The lowest BCUT2D eigenvalue weighted by atomic mass is 9.81. The first-order valence-corrected chi connectivity index (χ1v) is 15.5. The molecule has 208 valence electrons. The Morgan fingerprint density at radius 3 is 2.62 bits per heavy atom. The van der Waals surface area contributed by atoms with Gasteiger partial charge in [0, 0.05) is 48.4 Å². The molecule has 1 aromatic heterocycles. The molecule has 0 spiro atoms. The molecule has 0 saturated heterocycles. The molecule has 3 heterocycles. The van der Waals surface area contributed by atoms with Crippen LogP contribution in [-0.2, 0) is 6.54 Å². The van der Waals surface area contributed by atoms with Crippen molar-refractivity contribution in [2.75, 3.05) is 24.8 Å². The summed E-state index contributed by atoms with van der Waals surface area (Å²) in [6, 6.07) is 15.2. The van der Waals surface area contributed by atoms with E-state index in [2.05, 4.69) is 78.5 Å². The Morgan fingerprint density at radius 2 is 1.85 bits per heavy atom. The summed E-state index contributed by atoms with van der Waals surface area (Å²) in [4.78, 5) is 15.4. The van der Waals surface area contributed by atoms with Gasteiger partial charge >= 0.3 is 6.03 Å². The van der Waals surface area contributed by atoms with Crippen LogP contribution in [0.25, 0.3) is 22.2 Å². The van der Waals surface area contributed by atoms with E-state index in [4.69, 9.17) is 4.74 Å². The van der Waals surface area contributed by atoms with Crippen LogP contribution in [0.4, 0.5) is 10.5 Å². The zero-order valence-corrected chi connectivity index (χ0v) is 24.6. The Kier molecular flexibility index (Phi) is 7.06. The van der Waals surface area contributed by atoms with E-state index < -0.39 is 5.66 Å². The molecular weight excluding hydrogens is 506 g/mol. The van der Waals surface area contributed by atoms with E-state index in [0.29, 0.717) is 12.5 Å². The number of carbonyl (C=O) groups excluding carboxylic acids is 1. The molecule has 2 amide bonds. The molecule has 8 heteroatoms. The molecule has 39 heavy (non-hydrogen) atoms. The summed E-state index contributed by atoms with van der Waals surface area (Å²) >= 11 is 1.38. The van der Waals surface area contributed by atoms with Crippen LogP contribution in [0.5, 0.6) is 5.75 Å². The standard InChI is InChI=1S/C31H41N5O2S/c1-20-22-18-35-26-17-23(34(4)30(37)36(39-5)33-31(2,3)32-20)15-16-24(26)28(21-11-7-6-8-12-21)29(35)25-13-9-10-14-27(25)38-19-22/h9-10,13-17,20-22,32-33H,6-8,11-12,18-19H2,1-5H3/t20?,22-/m0/s1. The van der Waals surface area contributed by atoms with Gasteiger partial charge in [0.05, 0.1) is 23.5 Å². The van der Waals surface area contributed by atoms with Crippen molar-refractivity contribution in [1.29, 1.82) is 0 Å². The Balaban J connectivity index is 1.63. The number of anilines is 1. The second-order valence-electron chi connectivity index (χ2n) is 12.0. The maximum atomic E-state index is 13.7. The molecule has 1 saturated carbocycles. The van der Waals surface area contributed by atoms with Gasteiger partial charge in [0.15, 0.2) is 0 Å². The van der Waals surface area contributed by atoms with Crippen molar-refractivity contribution >= 4 is 34.6 Å². The van der Waals surface area contributed by atoms with Gasteiger partial charge in [-0.15, -0.1) is 0 Å². The van der Waals surface area contributed by atoms with Crippen LogP contribution in [0.3, 0.4) is 0 Å². The minimum atomic E-state index is -0.520. The maximum absolute atomic E-state index is 13.7. The summed E-state index contributed by atoms with van der Waals surface area (Å²) in [7, 11) is 1.86. The number of fused-ring (bicyclic) bond motifs is 4. The van der Waals surface area contributed by atoms with Crippen LogP contribution in [-0.4, -0.2) is 46.6 Å². The van der Waals surface area contributed by atoms with Crippen molar-refractivity contribution in [3.8, 4) is 17.0 Å². The Hall–Kier alpha value is -2.68. The van der Waals surface area contributed by atoms with Gasteiger partial charge in [0.2, 0.25) is 0 Å². The molecule has 1 unspecified atom stereocenters. The molecular formula is C31H41N5O2S. The number of nitrogens with zero attached hydrogens (tertiary/aromatic N) is 3. The fourth-order valence-electron chi connectivity index (χ4n) is 6.82. The number of aromatic nitrogens is 1. The molecule has 0 radical (unpaired) electrons. The van der Waals surface area contributed by atoms with Crippen LogP contribution in [0, 0.1) is 5.92 Å². The van der Waals surface area contributed by atoms with Crippen LogP contribution in [0.2, 0.25) is 0 Å². The van der Waals surface area contributed by atoms with E-state index in [9.17, 15) is 4.79 Å². The summed E-state index contributed by atoms with van der Waals surface area (Å²) < 4.78 is 10.8. The predicted molar refractivity (Wildman–Crippen MR) is 161 cm³/mol. The van der Waals surface area contributed by atoms with Crippen LogP contribution in [0.15, 0.2) is 42.5 Å². The lowest BCUT2D eigenvalue weighted by Crippen LogP contribution is -2.63. The Labute approximate surface area is 236 Å². The van der Waals surface area contributed by atoms with Crippen molar-refractivity contribution in [2.24, 2.45) is 5.92 Å². The lowest BCUT2D eigenvalue weighted by molar-refractivity contribution is 0.137. The monoisotopic (exact) mass is 547 g/mol. The van der Waals surface area contributed by atoms with Crippen molar-refractivity contribution in [2.45, 2.75) is 77.0 Å². The minimum Gasteiger partial charge on any atom is -0.492 e. The third-order valence-corrected chi connectivity index (χ3v) is 9.43. The van der Waals surface area contributed by atoms with Gasteiger partial charge in [0.25, 0.3) is 0 Å². The number of carbonyl (C=O) groups is 1. The van der Waals surface area contributed by atoms with E-state index in [0.717, 1.165) is 18.0 Å². The number of hydrogen-bond donors (Lipinski definition) is 2. The number of urea groups is 1. The molecule has 1 aliphatic carbocycles. The molecule has 6 rings (SSSR count). The van der Waals surface area contributed by atoms with E-state index >= 15 is 0 Å². The van der Waals surface area contributed by atoms with E-state index in [1.165, 1.54) is 71.8 Å². The van der Waals surface area contributed by atoms with Crippen molar-refractivity contribution in [3.63, 3.8) is 0 Å². The zero-order chi connectivity index (χ0) is 27.3. The van der Waals surface area contributed by atoms with Gasteiger partial charge in [-0.1, -0.05) is 37.5 Å². The highest BCUT2D eigenvalue weighted by Gasteiger charge is 2.35. The van der Waals surface area contributed by atoms with E-state index in [-0.39, 0.29) is 18.0 Å². The van der Waals surface area contributed by atoms with Gasteiger partial charge in [-0.25, -0.2) is 10.2 Å². The molecule has 2 N–H and O–H groups in total. The highest BCUT2D eigenvalue weighted by atomic mass is 32.2. The molecule has 2 aliphatic heterocycles. The van der Waals surface area contributed by atoms with Gasteiger partial charge in [-0.2, -0.15) is 4.41 Å². The van der Waals surface area contributed by atoms with Crippen molar-refractivity contribution < 1.29 is 9.53 Å². The summed E-state index contributed by atoms with van der Waals surface area (Å²) in [6.07, 6.45) is 8.24. The average molecular weight is 548 g/mol. The second-order valence-corrected chi connectivity index (χ2v) is 12.7. The van der Waals surface area contributed by atoms with E-state index in [1.54, 1.807) is 9.31 Å². The number of benzene rings is 2. The quantitative estimate of drug-likeness (QED) is 0.348.